The molecule has 0 spiro atoms. The zero-order chi connectivity index (χ0) is 50.5. The Morgan fingerprint density at radius 1 is 0.282 bits per heavy atom. The molecule has 8 aromatic carbocycles. The van der Waals surface area contributed by atoms with Gasteiger partial charge in [0, 0.05) is 33.3 Å². The summed E-state index contributed by atoms with van der Waals surface area (Å²) in [7, 11) is 0. The summed E-state index contributed by atoms with van der Waals surface area (Å²) in [4.78, 5) is 2.51. The van der Waals surface area contributed by atoms with Gasteiger partial charge in [-0.3, -0.25) is 0 Å². The minimum Gasteiger partial charge on any atom is -0.310 e. The average Bonchev–Trinajstić information content (AvgIpc) is 3.79. The van der Waals surface area contributed by atoms with Gasteiger partial charge in [0.2, 0.25) is 0 Å². The first kappa shape index (κ1) is 46.9. The summed E-state index contributed by atoms with van der Waals surface area (Å²) >= 11 is 0. The molecule has 0 amide bonds. The highest BCUT2D eigenvalue weighted by atomic mass is 15.1. The van der Waals surface area contributed by atoms with E-state index in [1.807, 2.05) is 0 Å². The number of benzene rings is 8. The van der Waals surface area contributed by atoms with Gasteiger partial charge >= 0.3 is 0 Å². The lowest BCUT2D eigenvalue weighted by Crippen LogP contribution is -2.18. The molecule has 1 nitrogen and oxygen atoms in total. The van der Waals surface area contributed by atoms with Crippen molar-refractivity contribution in [1.82, 2.24) is 0 Å². The van der Waals surface area contributed by atoms with E-state index in [9.17, 15) is 0 Å². The van der Waals surface area contributed by atoms with Crippen molar-refractivity contribution in [3.63, 3.8) is 0 Å². The topological polar surface area (TPSA) is 3.24 Å². The summed E-state index contributed by atoms with van der Waals surface area (Å²) in [6.45, 7) is 37.6. The molecule has 0 saturated carbocycles. The van der Waals surface area contributed by atoms with Crippen molar-refractivity contribution in [2.45, 2.75) is 143 Å². The Balaban J connectivity index is 1.11. The van der Waals surface area contributed by atoms with Crippen LogP contribution in [-0.4, -0.2) is 0 Å². The number of hydrogen-bond acceptors (Lipinski definition) is 1. The molecule has 0 saturated heterocycles. The minimum absolute atomic E-state index is 0.0682. The normalized spacial score (nSPS) is 15.7. The lowest BCUT2D eigenvalue weighted by Gasteiger charge is -2.29. The van der Waals surface area contributed by atoms with E-state index in [1.54, 1.807) is 0 Å². The third-order valence-corrected chi connectivity index (χ3v) is 17.0. The maximum Gasteiger partial charge on any atom is 0.0473 e. The van der Waals surface area contributed by atoms with E-state index in [1.165, 1.54) is 111 Å². The molecule has 0 N–H and O–H groups in total. The maximum atomic E-state index is 2.51. The first-order valence-electron chi connectivity index (χ1n) is 26.2. The van der Waals surface area contributed by atoms with Crippen LogP contribution in [0.2, 0.25) is 0 Å². The highest BCUT2D eigenvalue weighted by Crippen LogP contribution is 2.55. The molecule has 358 valence electrons. The van der Waals surface area contributed by atoms with Crippen LogP contribution in [0.3, 0.4) is 0 Å². The molecule has 11 rings (SSSR count). The molecule has 1 heteroatoms. The van der Waals surface area contributed by atoms with Crippen LogP contribution in [0.5, 0.6) is 0 Å². The SMILES string of the molecule is Cc1ccc(N(c2cc(-c3ccc4c(c3)C(C)(C)c3cc(C(C)(C)C)ccc3-4)cc(-c3ccc4c(c3)C(C)(C)c3cc(C(C)(C)C)ccc3-4)c2)c2ccc3c(c2)C(C)(C)c2cc(C(C)(C)C)ccc2-3)cc1. The zero-order valence-electron chi connectivity index (χ0n) is 45.4. The summed E-state index contributed by atoms with van der Waals surface area (Å²) in [5.74, 6) is 0. The van der Waals surface area contributed by atoms with Gasteiger partial charge in [-0.05, 0) is 183 Å². The van der Waals surface area contributed by atoms with Gasteiger partial charge in [-0.15, -0.1) is 0 Å². The Hall–Kier alpha value is -6.44. The first-order valence-corrected chi connectivity index (χ1v) is 26.2. The maximum absolute atomic E-state index is 2.51. The lowest BCUT2D eigenvalue weighted by atomic mass is 9.78. The second-order valence-electron chi connectivity index (χ2n) is 26.1. The fraction of sp³-hybridized carbons (Fsp3) is 0.314. The van der Waals surface area contributed by atoms with Crippen molar-refractivity contribution in [3.8, 4) is 55.6 Å². The van der Waals surface area contributed by atoms with Crippen LogP contribution < -0.4 is 4.90 Å². The van der Waals surface area contributed by atoms with Crippen molar-refractivity contribution < 1.29 is 0 Å². The van der Waals surface area contributed by atoms with Crippen LogP contribution in [-0.2, 0) is 32.5 Å². The van der Waals surface area contributed by atoms with Crippen LogP contribution in [0.1, 0.15) is 159 Å². The first-order chi connectivity index (χ1) is 33.2. The van der Waals surface area contributed by atoms with Gasteiger partial charge in [0.05, 0.1) is 0 Å². The highest BCUT2D eigenvalue weighted by molar-refractivity contribution is 5.91. The predicted molar refractivity (Wildman–Crippen MR) is 306 cm³/mol. The van der Waals surface area contributed by atoms with Gasteiger partial charge in [-0.25, -0.2) is 0 Å². The Morgan fingerprint density at radius 3 is 0.958 bits per heavy atom. The summed E-state index contributed by atoms with van der Waals surface area (Å²) in [5, 5.41) is 0. The second kappa shape index (κ2) is 15.5. The summed E-state index contributed by atoms with van der Waals surface area (Å²) < 4.78 is 0. The number of aryl methyl sites for hydroxylation is 1. The quantitative estimate of drug-likeness (QED) is 0.166. The monoisotopic (exact) mass is 928 g/mol. The molecule has 3 aliphatic carbocycles. The molecular weight excluding hydrogens is 855 g/mol. The molecule has 0 atom stereocenters. The van der Waals surface area contributed by atoms with Gasteiger partial charge in [-0.1, -0.05) is 206 Å². The molecule has 71 heavy (non-hydrogen) atoms. The lowest BCUT2D eigenvalue weighted by molar-refractivity contribution is 0.584. The van der Waals surface area contributed by atoms with E-state index in [-0.39, 0.29) is 32.5 Å². The van der Waals surface area contributed by atoms with Gasteiger partial charge in [0.15, 0.2) is 0 Å². The van der Waals surface area contributed by atoms with Crippen LogP contribution in [0.15, 0.2) is 152 Å². The van der Waals surface area contributed by atoms with Crippen LogP contribution in [0, 0.1) is 6.92 Å². The molecule has 0 unspecified atom stereocenters. The third kappa shape index (κ3) is 7.47. The largest absolute Gasteiger partial charge is 0.310 e. The average molecular weight is 928 g/mol. The third-order valence-electron chi connectivity index (χ3n) is 17.0. The van der Waals surface area contributed by atoms with Gasteiger partial charge in [0.25, 0.3) is 0 Å². The van der Waals surface area contributed by atoms with E-state index in [4.69, 9.17) is 0 Å². The highest BCUT2D eigenvalue weighted by Gasteiger charge is 2.40. The summed E-state index contributed by atoms with van der Waals surface area (Å²) in [6.07, 6.45) is 0. The zero-order valence-corrected chi connectivity index (χ0v) is 45.4. The fourth-order valence-electron chi connectivity index (χ4n) is 12.3. The fourth-order valence-corrected chi connectivity index (χ4v) is 12.3. The van der Waals surface area contributed by atoms with Crippen molar-refractivity contribution >= 4 is 17.1 Å². The Kier molecular flexibility index (Phi) is 10.3. The molecule has 8 aromatic rings. The standard InChI is InChI=1S/C70H73N/c1-42-17-24-50(25-18-42)71(51-26-32-58-57-31-23-49(67(8,9)10)40-63(57)70(15,16)64(58)41-51)52-34-45(43-19-27-53-55-29-21-47(65(2,3)4)38-61(55)68(11,12)59(53)36-43)33-46(35-52)44-20-28-54-56-30-22-48(66(5,6)7)39-62(56)69(13,14)60(54)37-44/h17-41H,1-16H3. The van der Waals surface area contributed by atoms with E-state index in [0.717, 1.165) is 17.1 Å². The van der Waals surface area contributed by atoms with E-state index < -0.39 is 0 Å². The van der Waals surface area contributed by atoms with Crippen molar-refractivity contribution in [2.75, 3.05) is 4.90 Å². The molecule has 0 radical (unpaired) electrons. The second-order valence-corrected chi connectivity index (χ2v) is 26.1. The summed E-state index contributed by atoms with van der Waals surface area (Å²) in [5.41, 5.74) is 30.0. The Bertz CT molecular complexity index is 3350. The number of rotatable bonds is 5. The summed E-state index contributed by atoms with van der Waals surface area (Å²) in [6, 6.07) is 59.8. The smallest absolute Gasteiger partial charge is 0.0473 e. The van der Waals surface area contributed by atoms with E-state index in [0.29, 0.717) is 0 Å². The Morgan fingerprint density at radius 2 is 0.592 bits per heavy atom. The number of fused-ring (bicyclic) bond motifs is 9. The van der Waals surface area contributed by atoms with Crippen LogP contribution in [0.25, 0.3) is 55.6 Å². The number of anilines is 3. The van der Waals surface area contributed by atoms with Gasteiger partial charge in [0.1, 0.15) is 0 Å². The van der Waals surface area contributed by atoms with Crippen molar-refractivity contribution in [3.05, 3.63) is 207 Å². The van der Waals surface area contributed by atoms with Gasteiger partial charge in [-0.2, -0.15) is 0 Å². The molecule has 3 aliphatic rings. The van der Waals surface area contributed by atoms with E-state index >= 15 is 0 Å². The van der Waals surface area contributed by atoms with Crippen molar-refractivity contribution in [1.29, 1.82) is 0 Å². The number of nitrogens with zero attached hydrogens (tertiary/aromatic N) is 1. The minimum atomic E-state index is -0.168. The number of hydrogen-bond donors (Lipinski definition) is 0. The molecule has 0 bridgehead atoms. The van der Waals surface area contributed by atoms with Crippen molar-refractivity contribution in [2.24, 2.45) is 0 Å². The van der Waals surface area contributed by atoms with Crippen LogP contribution >= 0.6 is 0 Å². The van der Waals surface area contributed by atoms with Crippen LogP contribution in [0.4, 0.5) is 17.1 Å². The molecule has 0 fully saturated rings. The predicted octanol–water partition coefficient (Wildman–Crippen LogP) is 19.6. The van der Waals surface area contributed by atoms with E-state index in [2.05, 4.69) is 267 Å². The molecule has 0 aromatic heterocycles. The Labute approximate surface area is 426 Å². The molecular formula is C70H73N. The molecule has 0 aliphatic heterocycles. The molecule has 0 heterocycles. The van der Waals surface area contributed by atoms with Gasteiger partial charge < -0.3 is 4.90 Å².